The van der Waals surface area contributed by atoms with E-state index in [9.17, 15) is 18.3 Å². The molecule has 0 aliphatic carbocycles. The lowest BCUT2D eigenvalue weighted by molar-refractivity contribution is -0.254. The molecule has 0 unspecified atom stereocenters. The molecule has 2 atom stereocenters. The van der Waals surface area contributed by atoms with Crippen molar-refractivity contribution in [1.29, 1.82) is 0 Å². The number of aliphatic hydroxyl groups is 1. The van der Waals surface area contributed by atoms with E-state index in [0.29, 0.717) is 6.42 Å². The molecule has 0 aromatic heterocycles. The quantitative estimate of drug-likeness (QED) is 0.859. The number of alkyl halides is 3. The van der Waals surface area contributed by atoms with E-state index >= 15 is 0 Å². The Balaban J connectivity index is 2.04. The Bertz CT molecular complexity index is 480. The molecule has 0 bridgehead atoms. The molecule has 0 radical (unpaired) electrons. The first-order valence-electron chi connectivity index (χ1n) is 6.73. The molecule has 0 spiro atoms. The molecule has 1 aliphatic heterocycles. The Morgan fingerprint density at radius 3 is 2.43 bits per heavy atom. The largest absolute Gasteiger partial charge is 0.418 e. The highest BCUT2D eigenvalue weighted by Crippen LogP contribution is 2.38. The van der Waals surface area contributed by atoms with Crippen LogP contribution < -0.4 is 5.73 Å². The molecule has 0 amide bonds. The van der Waals surface area contributed by atoms with Crippen LogP contribution in [0.2, 0.25) is 0 Å². The van der Waals surface area contributed by atoms with Crippen molar-refractivity contribution in [3.63, 3.8) is 0 Å². The average molecular weight is 367 g/mol. The lowest BCUT2D eigenvalue weighted by Gasteiger charge is -2.30. The van der Waals surface area contributed by atoms with E-state index in [1.54, 1.807) is 4.90 Å². The molecule has 2 rings (SSSR count). The van der Waals surface area contributed by atoms with Gasteiger partial charge in [-0.15, -0.1) is 0 Å². The second-order valence-electron chi connectivity index (χ2n) is 5.47. The Morgan fingerprint density at radius 2 is 1.95 bits per heavy atom. The van der Waals surface area contributed by atoms with Gasteiger partial charge in [0.05, 0.1) is 0 Å². The van der Waals surface area contributed by atoms with E-state index < -0.39 is 18.3 Å². The third-order valence-corrected chi connectivity index (χ3v) is 4.51. The standard InChI is InChI=1S/C14H18BrF3N2O/c15-11-3-1-10(2-4-11)7-12(8-19)20-6-5-13(21,9-20)14(16,17)18/h1-4,12,21H,5-9,19H2/t12-,13+/m0/s1. The van der Waals surface area contributed by atoms with Crippen LogP contribution in [0.15, 0.2) is 28.7 Å². The summed E-state index contributed by atoms with van der Waals surface area (Å²) in [5.41, 5.74) is 4.11. The average Bonchev–Trinajstić information content (AvgIpc) is 2.81. The van der Waals surface area contributed by atoms with Crippen molar-refractivity contribution in [1.82, 2.24) is 4.90 Å². The number of hydrogen-bond acceptors (Lipinski definition) is 3. The van der Waals surface area contributed by atoms with Gasteiger partial charge in [-0.1, -0.05) is 28.1 Å². The van der Waals surface area contributed by atoms with Crippen molar-refractivity contribution in [2.24, 2.45) is 5.73 Å². The summed E-state index contributed by atoms with van der Waals surface area (Å²) >= 11 is 3.34. The number of halogens is 4. The Morgan fingerprint density at radius 1 is 1.33 bits per heavy atom. The van der Waals surface area contributed by atoms with Gasteiger partial charge < -0.3 is 10.8 Å². The van der Waals surface area contributed by atoms with Crippen LogP contribution in [-0.4, -0.2) is 47.5 Å². The van der Waals surface area contributed by atoms with Gasteiger partial charge in [0.15, 0.2) is 5.60 Å². The van der Waals surface area contributed by atoms with E-state index in [2.05, 4.69) is 15.9 Å². The zero-order chi connectivity index (χ0) is 15.7. The molecule has 7 heteroatoms. The highest BCUT2D eigenvalue weighted by Gasteiger charge is 2.57. The molecular formula is C14H18BrF3N2O. The maximum absolute atomic E-state index is 12.8. The summed E-state index contributed by atoms with van der Waals surface area (Å²) in [5.74, 6) is 0. The summed E-state index contributed by atoms with van der Waals surface area (Å²) in [6.45, 7) is 0.0489. The molecule has 1 fully saturated rings. The van der Waals surface area contributed by atoms with Crippen LogP contribution in [-0.2, 0) is 6.42 Å². The Hall–Kier alpha value is -0.630. The molecule has 1 aromatic carbocycles. The lowest BCUT2D eigenvalue weighted by atomic mass is 10.0. The minimum Gasteiger partial charge on any atom is -0.379 e. The van der Waals surface area contributed by atoms with E-state index in [0.717, 1.165) is 10.0 Å². The summed E-state index contributed by atoms with van der Waals surface area (Å²) in [5, 5.41) is 9.73. The van der Waals surface area contributed by atoms with Gasteiger partial charge in [-0.25, -0.2) is 0 Å². The Labute approximate surface area is 130 Å². The highest BCUT2D eigenvalue weighted by atomic mass is 79.9. The van der Waals surface area contributed by atoms with Crippen molar-refractivity contribution >= 4 is 15.9 Å². The van der Waals surface area contributed by atoms with E-state index in [-0.39, 0.29) is 25.6 Å². The van der Waals surface area contributed by atoms with Crippen molar-refractivity contribution in [3.05, 3.63) is 34.3 Å². The van der Waals surface area contributed by atoms with Crippen molar-refractivity contribution in [3.8, 4) is 0 Å². The van der Waals surface area contributed by atoms with Crippen LogP contribution in [0, 0.1) is 0 Å². The highest BCUT2D eigenvalue weighted by molar-refractivity contribution is 9.10. The fourth-order valence-corrected chi connectivity index (χ4v) is 2.88. The zero-order valence-electron chi connectivity index (χ0n) is 11.4. The molecule has 1 heterocycles. The summed E-state index contributed by atoms with van der Waals surface area (Å²) in [4.78, 5) is 1.63. The summed E-state index contributed by atoms with van der Waals surface area (Å²) in [6.07, 6.45) is -4.33. The van der Waals surface area contributed by atoms with Gasteiger partial charge in [0.1, 0.15) is 0 Å². The van der Waals surface area contributed by atoms with Gasteiger partial charge >= 0.3 is 6.18 Å². The molecule has 3 nitrogen and oxygen atoms in total. The second kappa shape index (κ2) is 6.24. The van der Waals surface area contributed by atoms with Crippen LogP contribution in [0.25, 0.3) is 0 Å². The fraction of sp³-hybridized carbons (Fsp3) is 0.571. The van der Waals surface area contributed by atoms with Crippen LogP contribution in [0.3, 0.4) is 0 Å². The van der Waals surface area contributed by atoms with Crippen LogP contribution >= 0.6 is 15.9 Å². The summed E-state index contributed by atoms with van der Waals surface area (Å²) < 4.78 is 39.5. The second-order valence-corrected chi connectivity index (χ2v) is 6.39. The summed E-state index contributed by atoms with van der Waals surface area (Å²) in [7, 11) is 0. The van der Waals surface area contributed by atoms with Gasteiger partial charge in [0.2, 0.25) is 0 Å². The number of nitrogens with zero attached hydrogens (tertiary/aromatic N) is 1. The molecule has 21 heavy (non-hydrogen) atoms. The van der Waals surface area contributed by atoms with Crippen LogP contribution in [0.1, 0.15) is 12.0 Å². The molecular weight excluding hydrogens is 349 g/mol. The third kappa shape index (κ3) is 3.77. The Kier molecular flexibility index (Phi) is 4.97. The van der Waals surface area contributed by atoms with Gasteiger partial charge in [-0.2, -0.15) is 13.2 Å². The number of rotatable bonds is 4. The maximum atomic E-state index is 12.8. The number of likely N-dealkylation sites (tertiary alicyclic amines) is 1. The monoisotopic (exact) mass is 366 g/mol. The lowest BCUT2D eigenvalue weighted by Crippen LogP contribution is -2.50. The van der Waals surface area contributed by atoms with Crippen molar-refractivity contribution in [2.45, 2.75) is 30.7 Å². The number of nitrogens with two attached hydrogens (primary N) is 1. The van der Waals surface area contributed by atoms with E-state index in [1.165, 1.54) is 0 Å². The first-order valence-corrected chi connectivity index (χ1v) is 7.52. The van der Waals surface area contributed by atoms with Crippen LogP contribution in [0.5, 0.6) is 0 Å². The van der Waals surface area contributed by atoms with Crippen molar-refractivity contribution < 1.29 is 18.3 Å². The zero-order valence-corrected chi connectivity index (χ0v) is 13.0. The van der Waals surface area contributed by atoms with Crippen molar-refractivity contribution in [2.75, 3.05) is 19.6 Å². The topological polar surface area (TPSA) is 49.5 Å². The predicted octanol–water partition coefficient (Wildman–Crippen LogP) is 2.32. The van der Waals surface area contributed by atoms with Gasteiger partial charge in [-0.3, -0.25) is 4.90 Å². The minimum atomic E-state index is -4.60. The van der Waals surface area contributed by atoms with Gasteiger partial charge in [-0.05, 0) is 30.5 Å². The maximum Gasteiger partial charge on any atom is 0.418 e. The van der Waals surface area contributed by atoms with Gasteiger partial charge in [0, 0.05) is 30.1 Å². The van der Waals surface area contributed by atoms with E-state index in [4.69, 9.17) is 5.73 Å². The normalized spacial score (nSPS) is 25.2. The fourth-order valence-electron chi connectivity index (χ4n) is 2.62. The van der Waals surface area contributed by atoms with Gasteiger partial charge in [0.25, 0.3) is 0 Å². The first kappa shape index (κ1) is 16.7. The predicted molar refractivity (Wildman–Crippen MR) is 77.9 cm³/mol. The first-order chi connectivity index (χ1) is 9.75. The SMILES string of the molecule is NC[C@H](Cc1ccc(Br)cc1)N1CC[C@](O)(C(F)(F)F)C1. The third-order valence-electron chi connectivity index (χ3n) is 3.98. The van der Waals surface area contributed by atoms with Crippen LogP contribution in [0.4, 0.5) is 13.2 Å². The smallest absolute Gasteiger partial charge is 0.379 e. The number of β-amino-alcohol motifs (C(OH)–C–C–N with tert-alkyl or cyclic N) is 1. The minimum absolute atomic E-state index is 0.203. The van der Waals surface area contributed by atoms with E-state index in [1.807, 2.05) is 24.3 Å². The molecule has 118 valence electrons. The molecule has 3 N–H and O–H groups in total. The molecule has 1 aliphatic rings. The number of benzene rings is 1. The summed E-state index contributed by atoms with van der Waals surface area (Å²) in [6, 6.07) is 7.40. The molecule has 0 saturated carbocycles. The molecule has 1 saturated heterocycles. The molecule has 1 aromatic rings. The number of hydrogen-bond donors (Lipinski definition) is 2.